The number of aryl methyl sites for hydroxylation is 1. The van der Waals surface area contributed by atoms with Crippen LogP contribution in [-0.4, -0.2) is 23.8 Å². The van der Waals surface area contributed by atoms with E-state index in [1.54, 1.807) is 11.5 Å². The van der Waals surface area contributed by atoms with Crippen LogP contribution in [0.4, 0.5) is 5.69 Å². The minimum absolute atomic E-state index is 0.0530. The van der Waals surface area contributed by atoms with E-state index >= 15 is 0 Å². The largest absolute Gasteiger partial charge is 0.305 e. The van der Waals surface area contributed by atoms with Crippen LogP contribution in [0.15, 0.2) is 46.3 Å². The summed E-state index contributed by atoms with van der Waals surface area (Å²) in [6.45, 7) is 1.66. The van der Waals surface area contributed by atoms with Crippen LogP contribution in [0.5, 0.6) is 0 Å². The molecule has 3 rings (SSSR count). The van der Waals surface area contributed by atoms with E-state index in [2.05, 4.69) is 10.9 Å². The molecular weight excluding hydrogens is 416 g/mol. The van der Waals surface area contributed by atoms with E-state index in [4.69, 9.17) is 11.6 Å². The summed E-state index contributed by atoms with van der Waals surface area (Å²) in [6.07, 6.45) is 5.41. The number of amides is 1. The molecule has 0 bridgehead atoms. The predicted molar refractivity (Wildman–Crippen MR) is 108 cm³/mol. The number of sulfonamides is 1. The first-order valence-electron chi connectivity index (χ1n) is 8.05. The number of terminal acetylenes is 1. The number of nitro benzene ring substituents is 1. The van der Waals surface area contributed by atoms with Gasteiger partial charge in [-0.3, -0.25) is 14.9 Å². The zero-order valence-corrected chi connectivity index (χ0v) is 16.7. The smallest absolute Gasteiger partial charge is 0.279 e. The number of nitrogens with zero attached hydrogens (tertiary/aromatic N) is 3. The van der Waals surface area contributed by atoms with Crippen molar-refractivity contribution in [3.63, 3.8) is 0 Å². The van der Waals surface area contributed by atoms with E-state index in [1.165, 1.54) is 36.4 Å². The SMILES string of the molecule is C#CCn1c(=NC(=O)c2ccc(C)c([N+](=O)[O-])c2)sc2cc(S(N)(=O)=O)ccc21. The number of fused-ring (bicyclic) bond motifs is 1. The minimum atomic E-state index is -3.90. The average Bonchev–Trinajstić information content (AvgIpc) is 2.98. The number of aromatic nitrogens is 1. The maximum atomic E-state index is 12.6. The summed E-state index contributed by atoms with van der Waals surface area (Å²) < 4.78 is 25.3. The Morgan fingerprint density at radius 2 is 2.07 bits per heavy atom. The molecule has 0 saturated carbocycles. The third kappa shape index (κ3) is 4.09. The molecule has 0 aliphatic heterocycles. The van der Waals surface area contributed by atoms with Gasteiger partial charge >= 0.3 is 0 Å². The van der Waals surface area contributed by atoms with Gasteiger partial charge < -0.3 is 4.57 Å². The van der Waals surface area contributed by atoms with Crippen molar-refractivity contribution in [2.45, 2.75) is 18.4 Å². The number of rotatable bonds is 4. The molecular formula is C18H14N4O5S2. The molecule has 9 nitrogen and oxygen atoms in total. The zero-order chi connectivity index (χ0) is 21.3. The molecule has 0 saturated heterocycles. The highest BCUT2D eigenvalue weighted by Crippen LogP contribution is 2.22. The molecule has 0 fully saturated rings. The molecule has 2 aromatic carbocycles. The Morgan fingerprint density at radius 1 is 1.34 bits per heavy atom. The van der Waals surface area contributed by atoms with Gasteiger partial charge in [0.15, 0.2) is 4.80 Å². The van der Waals surface area contributed by atoms with Crippen LogP contribution in [0.2, 0.25) is 0 Å². The van der Waals surface area contributed by atoms with Crippen LogP contribution in [-0.2, 0) is 16.6 Å². The standard InChI is InChI=1S/C18H14N4O5S2/c1-3-8-21-14-7-6-13(29(19,26)27)10-16(14)28-18(21)20-17(23)12-5-4-11(2)15(9-12)22(24)25/h1,4-7,9-10H,8H2,2H3,(H2,19,26,27). The van der Waals surface area contributed by atoms with Crippen molar-refractivity contribution < 1.29 is 18.1 Å². The zero-order valence-electron chi connectivity index (χ0n) is 15.0. The molecule has 1 heterocycles. The lowest BCUT2D eigenvalue weighted by Gasteiger charge is -2.02. The highest BCUT2D eigenvalue weighted by Gasteiger charge is 2.16. The van der Waals surface area contributed by atoms with Crippen molar-refractivity contribution in [3.05, 3.63) is 62.4 Å². The Balaban J connectivity index is 2.17. The first-order chi connectivity index (χ1) is 13.6. The minimum Gasteiger partial charge on any atom is -0.305 e. The molecule has 0 spiro atoms. The molecule has 0 aliphatic rings. The number of carbonyl (C=O) groups is 1. The molecule has 148 valence electrons. The number of hydrogen-bond acceptors (Lipinski definition) is 6. The summed E-state index contributed by atoms with van der Waals surface area (Å²) in [5.74, 6) is 1.77. The van der Waals surface area contributed by atoms with Gasteiger partial charge in [0.2, 0.25) is 10.0 Å². The number of benzene rings is 2. The van der Waals surface area contributed by atoms with E-state index in [0.717, 1.165) is 11.3 Å². The second-order valence-electron chi connectivity index (χ2n) is 6.02. The van der Waals surface area contributed by atoms with E-state index in [0.29, 0.717) is 15.8 Å². The predicted octanol–water partition coefficient (Wildman–Crippen LogP) is 1.94. The quantitative estimate of drug-likeness (QED) is 0.383. The normalized spacial score (nSPS) is 12.1. The lowest BCUT2D eigenvalue weighted by molar-refractivity contribution is -0.385. The summed E-state index contributed by atoms with van der Waals surface area (Å²) in [5, 5.41) is 16.3. The van der Waals surface area contributed by atoms with E-state index in [9.17, 15) is 23.3 Å². The van der Waals surface area contributed by atoms with Crippen molar-refractivity contribution in [1.29, 1.82) is 0 Å². The van der Waals surface area contributed by atoms with Crippen LogP contribution in [0.3, 0.4) is 0 Å². The summed E-state index contributed by atoms with van der Waals surface area (Å²) >= 11 is 1.06. The van der Waals surface area contributed by atoms with E-state index in [1.807, 2.05) is 0 Å². The Morgan fingerprint density at radius 3 is 2.69 bits per heavy atom. The number of nitro groups is 1. The molecule has 3 aromatic rings. The summed E-state index contributed by atoms with van der Waals surface area (Å²) in [7, 11) is -3.90. The van der Waals surface area contributed by atoms with E-state index in [-0.39, 0.29) is 27.5 Å². The topological polar surface area (TPSA) is 138 Å². The second-order valence-corrected chi connectivity index (χ2v) is 8.60. The second kappa shape index (κ2) is 7.59. The third-order valence-electron chi connectivity index (χ3n) is 4.08. The number of primary sulfonamides is 1. The Hall–Kier alpha value is -3.33. The van der Waals surface area contributed by atoms with Gasteiger partial charge in [-0.05, 0) is 31.2 Å². The Labute approximate surface area is 169 Å². The molecule has 1 aromatic heterocycles. The fourth-order valence-corrected chi connectivity index (χ4v) is 4.33. The van der Waals surface area contributed by atoms with E-state index < -0.39 is 20.9 Å². The average molecular weight is 430 g/mol. The fraction of sp³-hybridized carbons (Fsp3) is 0.111. The monoisotopic (exact) mass is 430 g/mol. The molecule has 2 N–H and O–H groups in total. The van der Waals surface area contributed by atoms with Crippen molar-refractivity contribution in [3.8, 4) is 12.3 Å². The molecule has 29 heavy (non-hydrogen) atoms. The van der Waals surface area contributed by atoms with Crippen LogP contribution in [0, 0.1) is 29.4 Å². The van der Waals surface area contributed by atoms with Crippen molar-refractivity contribution in [2.75, 3.05) is 0 Å². The lowest BCUT2D eigenvalue weighted by atomic mass is 10.1. The van der Waals surface area contributed by atoms with Crippen molar-refractivity contribution in [1.82, 2.24) is 4.57 Å². The molecule has 11 heteroatoms. The fourth-order valence-electron chi connectivity index (χ4n) is 2.65. The van der Waals surface area contributed by atoms with Crippen LogP contribution in [0.25, 0.3) is 10.2 Å². The molecule has 0 unspecified atom stereocenters. The number of nitrogens with two attached hydrogens (primary N) is 1. The van der Waals surface area contributed by atoms with Crippen LogP contribution < -0.4 is 9.94 Å². The van der Waals surface area contributed by atoms with Gasteiger partial charge in [0.05, 0.1) is 26.6 Å². The molecule has 0 atom stereocenters. The first-order valence-corrected chi connectivity index (χ1v) is 10.4. The van der Waals surface area contributed by atoms with Crippen molar-refractivity contribution >= 4 is 43.2 Å². The van der Waals surface area contributed by atoms with Gasteiger partial charge in [-0.1, -0.05) is 23.3 Å². The first kappa shape index (κ1) is 20.4. The molecule has 0 aliphatic carbocycles. The van der Waals surface area contributed by atoms with Gasteiger partial charge in [0.1, 0.15) is 0 Å². The van der Waals surface area contributed by atoms with Crippen LogP contribution in [0.1, 0.15) is 15.9 Å². The maximum Gasteiger partial charge on any atom is 0.279 e. The van der Waals surface area contributed by atoms with Gasteiger partial charge in [-0.25, -0.2) is 13.6 Å². The highest BCUT2D eigenvalue weighted by atomic mass is 32.2. The van der Waals surface area contributed by atoms with Crippen molar-refractivity contribution in [2.24, 2.45) is 10.1 Å². The van der Waals surface area contributed by atoms with Gasteiger partial charge in [0.25, 0.3) is 11.6 Å². The summed E-state index contributed by atoms with van der Waals surface area (Å²) in [5.41, 5.74) is 0.877. The molecule has 1 amide bonds. The number of hydrogen-bond donors (Lipinski definition) is 1. The highest BCUT2D eigenvalue weighted by molar-refractivity contribution is 7.89. The number of carbonyl (C=O) groups excluding carboxylic acids is 1. The summed E-state index contributed by atoms with van der Waals surface area (Å²) in [4.78, 5) is 27.3. The van der Waals surface area contributed by atoms with Crippen LogP contribution >= 0.6 is 11.3 Å². The van der Waals surface area contributed by atoms with Gasteiger partial charge in [-0.2, -0.15) is 4.99 Å². The summed E-state index contributed by atoms with van der Waals surface area (Å²) in [6, 6.07) is 8.34. The lowest BCUT2D eigenvalue weighted by Crippen LogP contribution is -2.16. The number of thiazole rings is 1. The maximum absolute atomic E-state index is 12.6. The Kier molecular flexibility index (Phi) is 5.34. The Bertz CT molecular complexity index is 1380. The van der Waals surface area contributed by atoms with Gasteiger partial charge in [-0.15, -0.1) is 6.42 Å². The third-order valence-corrected chi connectivity index (χ3v) is 6.03. The van der Waals surface area contributed by atoms with Gasteiger partial charge in [0, 0.05) is 17.2 Å². The molecule has 0 radical (unpaired) electrons.